The first-order valence-corrected chi connectivity index (χ1v) is 8.17. The smallest absolute Gasteiger partial charge is 0.267 e. The first-order valence-electron chi connectivity index (χ1n) is 6.47. The van der Waals surface area contributed by atoms with E-state index in [2.05, 4.69) is 34.6 Å². The summed E-state index contributed by atoms with van der Waals surface area (Å²) in [4.78, 5) is 12.6. The molecule has 1 atom stereocenters. The van der Waals surface area contributed by atoms with Crippen molar-refractivity contribution < 1.29 is 4.79 Å². The predicted octanol–water partition coefficient (Wildman–Crippen LogP) is 4.00. The molecule has 2 aromatic heterocycles. The summed E-state index contributed by atoms with van der Waals surface area (Å²) in [7, 11) is 0. The molecular formula is C15H13N3OS2. The molecule has 0 spiro atoms. The van der Waals surface area contributed by atoms with Gasteiger partial charge in [-0.05, 0) is 17.0 Å². The summed E-state index contributed by atoms with van der Waals surface area (Å²) in [5.41, 5.74) is 1.18. The maximum atomic E-state index is 12.0. The summed E-state index contributed by atoms with van der Waals surface area (Å²) in [5.74, 6) is 0.0242. The van der Waals surface area contributed by atoms with Crippen molar-refractivity contribution in [1.82, 2.24) is 10.2 Å². The zero-order valence-electron chi connectivity index (χ0n) is 11.3. The molecule has 2 heterocycles. The van der Waals surface area contributed by atoms with Crippen LogP contribution in [0.25, 0.3) is 0 Å². The number of nitrogens with one attached hydrogen (secondary N) is 1. The van der Waals surface area contributed by atoms with Crippen LogP contribution in [0, 0.1) is 0 Å². The Balaban J connectivity index is 1.73. The summed E-state index contributed by atoms with van der Waals surface area (Å²) in [6.45, 7) is 2.08. The molecule has 0 bridgehead atoms. The van der Waals surface area contributed by atoms with Gasteiger partial charge in [0.25, 0.3) is 5.91 Å². The van der Waals surface area contributed by atoms with Crippen molar-refractivity contribution in [2.24, 2.45) is 0 Å². The number of anilines is 1. The van der Waals surface area contributed by atoms with E-state index in [-0.39, 0.29) is 11.8 Å². The van der Waals surface area contributed by atoms with Crippen LogP contribution in [0.2, 0.25) is 0 Å². The lowest BCUT2D eigenvalue weighted by Gasteiger charge is -2.06. The Morgan fingerprint density at radius 1 is 1.14 bits per heavy atom. The summed E-state index contributed by atoms with van der Waals surface area (Å²) >= 11 is 2.82. The van der Waals surface area contributed by atoms with Crippen molar-refractivity contribution in [3.8, 4) is 0 Å². The number of thiophene rings is 1. The number of amides is 1. The van der Waals surface area contributed by atoms with Gasteiger partial charge in [-0.15, -0.1) is 21.5 Å². The van der Waals surface area contributed by atoms with E-state index < -0.39 is 0 Å². The Kier molecular flexibility index (Phi) is 4.08. The van der Waals surface area contributed by atoms with Crippen LogP contribution in [0.1, 0.15) is 33.1 Å². The molecule has 1 amide bonds. The zero-order valence-corrected chi connectivity index (χ0v) is 12.9. The van der Waals surface area contributed by atoms with Crippen LogP contribution in [0.5, 0.6) is 0 Å². The number of nitrogens with zero attached hydrogens (tertiary/aromatic N) is 2. The van der Waals surface area contributed by atoms with Gasteiger partial charge in [0.15, 0.2) is 0 Å². The predicted molar refractivity (Wildman–Crippen MR) is 86.1 cm³/mol. The van der Waals surface area contributed by atoms with E-state index in [9.17, 15) is 4.79 Å². The second-order valence-electron chi connectivity index (χ2n) is 4.51. The second kappa shape index (κ2) is 6.15. The average molecular weight is 315 g/mol. The van der Waals surface area contributed by atoms with Crippen LogP contribution in [0.3, 0.4) is 0 Å². The summed E-state index contributed by atoms with van der Waals surface area (Å²) < 4.78 is 0. The fourth-order valence-corrected chi connectivity index (χ4v) is 3.35. The minimum Gasteiger partial charge on any atom is -0.296 e. The van der Waals surface area contributed by atoms with Crippen LogP contribution in [0.15, 0.2) is 47.8 Å². The zero-order chi connectivity index (χ0) is 14.7. The Bertz CT molecular complexity index is 722. The van der Waals surface area contributed by atoms with Crippen LogP contribution < -0.4 is 5.32 Å². The normalized spacial score (nSPS) is 12.0. The molecule has 1 N–H and O–H groups in total. The topological polar surface area (TPSA) is 54.9 Å². The Labute approximate surface area is 130 Å². The molecule has 1 unspecified atom stereocenters. The van der Waals surface area contributed by atoms with Crippen molar-refractivity contribution in [1.29, 1.82) is 0 Å². The molecule has 0 saturated carbocycles. The van der Waals surface area contributed by atoms with Crippen LogP contribution in [-0.4, -0.2) is 16.1 Å². The lowest BCUT2D eigenvalue weighted by molar-refractivity contribution is 0.103. The minimum atomic E-state index is -0.139. The van der Waals surface area contributed by atoms with Gasteiger partial charge in [-0.1, -0.05) is 54.7 Å². The summed E-state index contributed by atoms with van der Waals surface area (Å²) in [5, 5.41) is 14.3. The number of hydrogen-bond acceptors (Lipinski definition) is 5. The van der Waals surface area contributed by atoms with E-state index in [0.717, 1.165) is 5.01 Å². The first kappa shape index (κ1) is 13.9. The highest BCUT2D eigenvalue weighted by Crippen LogP contribution is 2.28. The third-order valence-corrected chi connectivity index (χ3v) is 4.97. The highest BCUT2D eigenvalue weighted by molar-refractivity contribution is 7.15. The average Bonchev–Trinajstić information content (AvgIpc) is 3.19. The molecule has 21 heavy (non-hydrogen) atoms. The summed E-state index contributed by atoms with van der Waals surface area (Å²) in [6.07, 6.45) is 0. The quantitative estimate of drug-likeness (QED) is 0.791. The maximum absolute atomic E-state index is 12.0. The van der Waals surface area contributed by atoms with Gasteiger partial charge in [0.05, 0.1) is 4.88 Å². The van der Waals surface area contributed by atoms with Gasteiger partial charge in [-0.25, -0.2) is 0 Å². The molecule has 6 heteroatoms. The number of hydrogen-bond donors (Lipinski definition) is 1. The Hall–Kier alpha value is -2.05. The van der Waals surface area contributed by atoms with E-state index in [1.165, 1.54) is 28.2 Å². The number of aromatic nitrogens is 2. The van der Waals surface area contributed by atoms with Gasteiger partial charge in [-0.3, -0.25) is 10.1 Å². The molecule has 0 saturated heterocycles. The Morgan fingerprint density at radius 3 is 2.67 bits per heavy atom. The van der Waals surface area contributed by atoms with Crippen molar-refractivity contribution in [3.63, 3.8) is 0 Å². The molecule has 3 aromatic rings. The molecule has 106 valence electrons. The van der Waals surface area contributed by atoms with Gasteiger partial charge >= 0.3 is 0 Å². The van der Waals surface area contributed by atoms with Crippen molar-refractivity contribution in [3.05, 3.63) is 63.3 Å². The Morgan fingerprint density at radius 2 is 1.95 bits per heavy atom. The highest BCUT2D eigenvalue weighted by atomic mass is 32.1. The van der Waals surface area contributed by atoms with Gasteiger partial charge in [0, 0.05) is 5.92 Å². The molecule has 3 rings (SSSR count). The number of carbonyl (C=O) groups excluding carboxylic acids is 1. The molecule has 1 aromatic carbocycles. The van der Waals surface area contributed by atoms with Crippen molar-refractivity contribution in [2.75, 3.05) is 5.32 Å². The third kappa shape index (κ3) is 3.17. The lowest BCUT2D eigenvalue weighted by Crippen LogP contribution is -2.09. The second-order valence-corrected chi connectivity index (χ2v) is 6.47. The van der Waals surface area contributed by atoms with Gasteiger partial charge in [0.2, 0.25) is 5.13 Å². The molecule has 0 radical (unpaired) electrons. The minimum absolute atomic E-state index is 0.139. The standard InChI is InChI=1S/C15H13N3OS2/c1-10(11-6-3-2-4-7-11)14-17-18-15(21-14)16-13(19)12-8-5-9-20-12/h2-10H,1H3,(H,16,18,19). The fraction of sp³-hybridized carbons (Fsp3) is 0.133. The van der Waals surface area contributed by atoms with E-state index in [4.69, 9.17) is 0 Å². The molecule has 0 aliphatic carbocycles. The molecule has 0 fully saturated rings. The number of carbonyl (C=O) groups is 1. The lowest BCUT2D eigenvalue weighted by atomic mass is 10.0. The van der Waals surface area contributed by atoms with Crippen LogP contribution >= 0.6 is 22.7 Å². The first-order chi connectivity index (χ1) is 10.2. The van der Waals surface area contributed by atoms with Crippen molar-refractivity contribution >= 4 is 33.7 Å². The molecule has 0 aliphatic rings. The van der Waals surface area contributed by atoms with Gasteiger partial charge in [0.1, 0.15) is 5.01 Å². The number of benzene rings is 1. The monoisotopic (exact) mass is 315 g/mol. The maximum Gasteiger partial charge on any atom is 0.267 e. The third-order valence-electron chi connectivity index (χ3n) is 3.08. The highest BCUT2D eigenvalue weighted by Gasteiger charge is 2.15. The van der Waals surface area contributed by atoms with Gasteiger partial charge in [-0.2, -0.15) is 0 Å². The fourth-order valence-electron chi connectivity index (χ4n) is 1.91. The molecule has 4 nitrogen and oxygen atoms in total. The van der Waals surface area contributed by atoms with E-state index in [1.807, 2.05) is 29.6 Å². The van der Waals surface area contributed by atoms with Gasteiger partial charge < -0.3 is 0 Å². The van der Waals surface area contributed by atoms with Crippen LogP contribution in [0.4, 0.5) is 5.13 Å². The van der Waals surface area contributed by atoms with Crippen molar-refractivity contribution in [2.45, 2.75) is 12.8 Å². The summed E-state index contributed by atoms with van der Waals surface area (Å²) in [6, 6.07) is 13.8. The molecule has 0 aliphatic heterocycles. The van der Waals surface area contributed by atoms with E-state index >= 15 is 0 Å². The van der Waals surface area contributed by atoms with E-state index in [0.29, 0.717) is 10.0 Å². The van der Waals surface area contributed by atoms with Crippen LogP contribution in [-0.2, 0) is 0 Å². The van der Waals surface area contributed by atoms with E-state index in [1.54, 1.807) is 6.07 Å². The largest absolute Gasteiger partial charge is 0.296 e. The SMILES string of the molecule is CC(c1ccccc1)c1nnc(NC(=O)c2cccs2)s1. The molecular weight excluding hydrogens is 302 g/mol. The number of rotatable bonds is 4.